The van der Waals surface area contributed by atoms with E-state index in [2.05, 4.69) is 18.7 Å². The summed E-state index contributed by atoms with van der Waals surface area (Å²) in [7, 11) is 1.91. The van der Waals surface area contributed by atoms with E-state index in [-0.39, 0.29) is 12.0 Å². The van der Waals surface area contributed by atoms with Gasteiger partial charge in [-0.15, -0.1) is 11.3 Å². The number of carbonyl (C=O) groups excluding carboxylic acids is 1. The molecule has 0 atom stereocenters. The Kier molecular flexibility index (Phi) is 5.42. The van der Waals surface area contributed by atoms with E-state index in [0.29, 0.717) is 5.91 Å². The van der Waals surface area contributed by atoms with Crippen molar-refractivity contribution in [2.24, 2.45) is 5.92 Å². The minimum atomic E-state index is 0.169. The second kappa shape index (κ2) is 7.38. The Hall–Kier alpha value is -1.17. The predicted molar refractivity (Wildman–Crippen MR) is 101 cm³/mol. The molecule has 0 bridgehead atoms. The fourth-order valence-electron chi connectivity index (χ4n) is 3.09. The van der Waals surface area contributed by atoms with Crippen LogP contribution in [0.15, 0.2) is 18.2 Å². The Morgan fingerprint density at radius 3 is 2.79 bits per heavy atom. The summed E-state index contributed by atoms with van der Waals surface area (Å²) >= 11 is 7.76. The number of likely N-dealkylation sites (tertiary alicyclic amines) is 1. The van der Waals surface area contributed by atoms with Crippen LogP contribution in [0.2, 0.25) is 5.02 Å². The van der Waals surface area contributed by atoms with E-state index in [1.54, 1.807) is 11.3 Å². The largest absolute Gasteiger partial charge is 0.343 e. The van der Waals surface area contributed by atoms with E-state index in [1.165, 1.54) is 4.70 Å². The third kappa shape index (κ3) is 3.90. The number of piperidine rings is 1. The molecule has 1 amide bonds. The second-order valence-corrected chi connectivity index (χ2v) is 8.36. The Morgan fingerprint density at radius 1 is 1.42 bits per heavy atom. The molecule has 0 aliphatic carbocycles. The lowest BCUT2D eigenvalue weighted by atomic mass is 9.95. The number of benzene rings is 1. The lowest BCUT2D eigenvalue weighted by Gasteiger charge is -2.33. The fraction of sp³-hybridized carbons (Fsp3) is 0.556. The molecule has 1 aromatic carbocycles. The molecule has 4 nitrogen and oxygen atoms in total. The molecule has 0 spiro atoms. The molecule has 24 heavy (non-hydrogen) atoms. The van der Waals surface area contributed by atoms with Gasteiger partial charge in [-0.1, -0.05) is 11.6 Å². The van der Waals surface area contributed by atoms with Crippen LogP contribution in [0, 0.1) is 5.92 Å². The first-order valence-electron chi connectivity index (χ1n) is 8.48. The number of carbonyl (C=O) groups is 1. The van der Waals surface area contributed by atoms with Crippen LogP contribution >= 0.6 is 22.9 Å². The van der Waals surface area contributed by atoms with Crippen LogP contribution in [0.5, 0.6) is 0 Å². The van der Waals surface area contributed by atoms with Gasteiger partial charge in [0, 0.05) is 24.0 Å². The van der Waals surface area contributed by atoms with Crippen molar-refractivity contribution in [2.45, 2.75) is 39.3 Å². The molecule has 1 saturated heterocycles. The molecule has 0 saturated carbocycles. The Balaban J connectivity index is 1.57. The predicted octanol–water partition coefficient (Wildman–Crippen LogP) is 4.03. The van der Waals surface area contributed by atoms with Crippen molar-refractivity contribution in [1.82, 2.24) is 14.8 Å². The molecular weight excluding hydrogens is 342 g/mol. The molecule has 1 aliphatic heterocycles. The molecule has 0 unspecified atom stereocenters. The summed E-state index contributed by atoms with van der Waals surface area (Å²) < 4.78 is 1.18. The number of rotatable bonds is 4. The fourth-order valence-corrected chi connectivity index (χ4v) is 4.24. The first-order chi connectivity index (χ1) is 11.4. The van der Waals surface area contributed by atoms with Gasteiger partial charge in [-0.2, -0.15) is 0 Å². The summed E-state index contributed by atoms with van der Waals surface area (Å²) in [6.45, 7) is 6.90. The molecule has 130 valence electrons. The molecule has 6 heteroatoms. The Morgan fingerprint density at radius 2 is 2.12 bits per heavy atom. The number of aromatic nitrogens is 1. The van der Waals surface area contributed by atoms with Crippen LogP contribution in [0.4, 0.5) is 0 Å². The van der Waals surface area contributed by atoms with Gasteiger partial charge in [-0.05, 0) is 58.0 Å². The van der Waals surface area contributed by atoms with Crippen molar-refractivity contribution in [2.75, 3.05) is 20.1 Å². The van der Waals surface area contributed by atoms with Crippen molar-refractivity contribution in [3.8, 4) is 0 Å². The maximum atomic E-state index is 12.4. The van der Waals surface area contributed by atoms with E-state index >= 15 is 0 Å². The highest BCUT2D eigenvalue weighted by Gasteiger charge is 2.28. The highest BCUT2D eigenvalue weighted by Crippen LogP contribution is 2.27. The van der Waals surface area contributed by atoms with E-state index in [0.717, 1.165) is 48.0 Å². The molecule has 1 aromatic heterocycles. The SMILES string of the molecule is CC(C)N(C)C(=O)C1CCN(Cc2nc3cc(Cl)ccc3s2)CC1. The van der Waals surface area contributed by atoms with E-state index in [4.69, 9.17) is 16.6 Å². The number of fused-ring (bicyclic) bond motifs is 1. The molecule has 2 heterocycles. The first kappa shape index (κ1) is 17.6. The summed E-state index contributed by atoms with van der Waals surface area (Å²) in [6, 6.07) is 6.13. The standard InChI is InChI=1S/C18H24ClN3OS/c1-12(2)21(3)18(23)13-6-8-22(9-7-13)11-17-20-15-10-14(19)4-5-16(15)24-17/h4-5,10,12-13H,6-9,11H2,1-3H3. The lowest BCUT2D eigenvalue weighted by Crippen LogP contribution is -2.43. The maximum absolute atomic E-state index is 12.4. The van der Waals surface area contributed by atoms with Crippen LogP contribution in [0.25, 0.3) is 10.2 Å². The molecule has 1 aliphatic rings. The number of nitrogens with zero attached hydrogens (tertiary/aromatic N) is 3. The third-order valence-electron chi connectivity index (χ3n) is 4.81. The summed E-state index contributed by atoms with van der Waals surface area (Å²) in [5, 5.41) is 1.85. The zero-order valence-electron chi connectivity index (χ0n) is 14.5. The van der Waals surface area contributed by atoms with Crippen LogP contribution in [0.1, 0.15) is 31.7 Å². The number of halogens is 1. The van der Waals surface area contributed by atoms with Crippen molar-refractivity contribution in [1.29, 1.82) is 0 Å². The van der Waals surface area contributed by atoms with Crippen molar-refractivity contribution < 1.29 is 4.79 Å². The summed E-state index contributed by atoms with van der Waals surface area (Å²) in [5.41, 5.74) is 0.978. The van der Waals surface area contributed by atoms with Crippen molar-refractivity contribution in [3.63, 3.8) is 0 Å². The minimum Gasteiger partial charge on any atom is -0.343 e. The number of thiazole rings is 1. The van der Waals surface area contributed by atoms with Crippen LogP contribution in [-0.4, -0.2) is 46.9 Å². The van der Waals surface area contributed by atoms with Crippen molar-refractivity contribution in [3.05, 3.63) is 28.2 Å². The summed E-state index contributed by atoms with van der Waals surface area (Å²) in [4.78, 5) is 21.4. The van der Waals surface area contributed by atoms with Crippen LogP contribution < -0.4 is 0 Å². The first-order valence-corrected chi connectivity index (χ1v) is 9.67. The average Bonchev–Trinajstić information content (AvgIpc) is 2.95. The molecule has 0 radical (unpaired) electrons. The maximum Gasteiger partial charge on any atom is 0.225 e. The van der Waals surface area contributed by atoms with Gasteiger partial charge in [-0.25, -0.2) is 4.98 Å². The van der Waals surface area contributed by atoms with Gasteiger partial charge >= 0.3 is 0 Å². The molecule has 2 aromatic rings. The second-order valence-electron chi connectivity index (χ2n) is 6.81. The van der Waals surface area contributed by atoms with Crippen LogP contribution in [0.3, 0.4) is 0 Å². The molecule has 0 N–H and O–H groups in total. The minimum absolute atomic E-state index is 0.169. The van der Waals surface area contributed by atoms with Gasteiger partial charge in [0.05, 0.1) is 16.8 Å². The smallest absolute Gasteiger partial charge is 0.225 e. The van der Waals surface area contributed by atoms with Gasteiger partial charge in [0.2, 0.25) is 5.91 Å². The van der Waals surface area contributed by atoms with E-state index < -0.39 is 0 Å². The Labute approximate surface area is 152 Å². The van der Waals surface area contributed by atoms with Crippen molar-refractivity contribution >= 4 is 39.1 Å². The summed E-state index contributed by atoms with van der Waals surface area (Å²) in [5.74, 6) is 0.460. The number of hydrogen-bond acceptors (Lipinski definition) is 4. The third-order valence-corrected chi connectivity index (χ3v) is 6.07. The average molecular weight is 366 g/mol. The zero-order chi connectivity index (χ0) is 17.3. The monoisotopic (exact) mass is 365 g/mol. The number of hydrogen-bond donors (Lipinski definition) is 0. The lowest BCUT2D eigenvalue weighted by molar-refractivity contribution is -0.137. The molecular formula is C18H24ClN3OS. The van der Waals surface area contributed by atoms with Gasteiger partial charge in [0.15, 0.2) is 0 Å². The quantitative estimate of drug-likeness (QED) is 0.820. The Bertz CT molecular complexity index is 722. The zero-order valence-corrected chi connectivity index (χ0v) is 16.0. The topological polar surface area (TPSA) is 36.4 Å². The van der Waals surface area contributed by atoms with Gasteiger partial charge in [-0.3, -0.25) is 9.69 Å². The van der Waals surface area contributed by atoms with E-state index in [1.807, 2.05) is 30.1 Å². The summed E-state index contributed by atoms with van der Waals surface area (Å²) in [6.07, 6.45) is 1.87. The molecule has 3 rings (SSSR count). The highest BCUT2D eigenvalue weighted by molar-refractivity contribution is 7.18. The highest BCUT2D eigenvalue weighted by atomic mass is 35.5. The van der Waals surface area contributed by atoms with Gasteiger partial charge < -0.3 is 4.90 Å². The number of amides is 1. The van der Waals surface area contributed by atoms with Crippen LogP contribution in [-0.2, 0) is 11.3 Å². The van der Waals surface area contributed by atoms with E-state index in [9.17, 15) is 4.79 Å². The van der Waals surface area contributed by atoms with Gasteiger partial charge in [0.1, 0.15) is 5.01 Å². The molecule has 1 fully saturated rings. The normalized spacial score (nSPS) is 16.9. The van der Waals surface area contributed by atoms with Gasteiger partial charge in [0.25, 0.3) is 0 Å².